The van der Waals surface area contributed by atoms with E-state index in [1.165, 1.54) is 14.2 Å². The van der Waals surface area contributed by atoms with Crippen molar-refractivity contribution in [2.75, 3.05) is 21.3 Å². The molecule has 0 aliphatic carbocycles. The molecule has 0 spiro atoms. The Morgan fingerprint density at radius 1 is 1.40 bits per heavy atom. The van der Waals surface area contributed by atoms with Crippen LogP contribution in [0.5, 0.6) is 0 Å². The zero-order chi connectivity index (χ0) is 8.62. The first kappa shape index (κ1) is 12.5. The van der Waals surface area contributed by atoms with Crippen molar-refractivity contribution in [1.82, 2.24) is 0 Å². The molecular formula is C5H13O4P. The second kappa shape index (κ2) is 6.96. The van der Waals surface area contributed by atoms with Gasteiger partial charge in [-0.2, -0.15) is 0 Å². The second-order valence-corrected chi connectivity index (χ2v) is 3.26. The van der Waals surface area contributed by atoms with E-state index in [9.17, 15) is 4.57 Å². The molecule has 0 aromatic carbocycles. The molecule has 0 aliphatic rings. The van der Waals surface area contributed by atoms with Gasteiger partial charge in [0.05, 0.1) is 0 Å². The summed E-state index contributed by atoms with van der Waals surface area (Å²) in [6, 6.07) is 0. The maximum absolute atomic E-state index is 10.8. The van der Waals surface area contributed by atoms with Gasteiger partial charge in [0.15, 0.2) is 0 Å². The van der Waals surface area contributed by atoms with Crippen LogP contribution in [-0.4, -0.2) is 26.4 Å². The fourth-order valence-electron chi connectivity index (χ4n) is 0.224. The lowest BCUT2D eigenvalue weighted by Crippen LogP contribution is -1.81. The Labute approximate surface area is 61.0 Å². The lowest BCUT2D eigenvalue weighted by atomic mass is 11.3. The average Bonchev–Trinajstić information content (AvgIpc) is 2.07. The molecule has 4 nitrogen and oxygen atoms in total. The van der Waals surface area contributed by atoms with Crippen LogP contribution in [0.25, 0.3) is 0 Å². The molecule has 10 heavy (non-hydrogen) atoms. The summed E-state index contributed by atoms with van der Waals surface area (Å²) in [6.07, 6.45) is 0. The van der Waals surface area contributed by atoms with Crippen molar-refractivity contribution in [3.05, 3.63) is 12.4 Å². The summed E-state index contributed by atoms with van der Waals surface area (Å²) in [4.78, 5) is 0. The molecule has 1 N–H and O–H groups in total. The normalized spacial score (nSPS) is 9.60. The van der Waals surface area contributed by atoms with E-state index >= 15 is 0 Å². The Hall–Kier alpha value is -0.150. The van der Waals surface area contributed by atoms with Gasteiger partial charge < -0.3 is 14.2 Å². The van der Waals surface area contributed by atoms with Gasteiger partial charge >= 0.3 is 7.60 Å². The molecule has 0 amide bonds. The molecule has 0 rings (SSSR count). The van der Waals surface area contributed by atoms with Crippen molar-refractivity contribution in [3.8, 4) is 0 Å². The Balaban J connectivity index is 0. The van der Waals surface area contributed by atoms with E-state index in [0.717, 1.165) is 12.9 Å². The summed E-state index contributed by atoms with van der Waals surface area (Å²) < 4.78 is 19.7. The minimum atomic E-state index is -2.90. The summed E-state index contributed by atoms with van der Waals surface area (Å²) in [5.41, 5.74) is 0. The first-order chi connectivity index (χ1) is 4.68. The Bertz CT molecular complexity index is 115. The minimum absolute atomic E-state index is 1.00. The minimum Gasteiger partial charge on any atom is -0.400 e. The summed E-state index contributed by atoms with van der Waals surface area (Å²) in [7, 11) is 0.725. The third kappa shape index (κ3) is 4.70. The van der Waals surface area contributed by atoms with Crippen LogP contribution in [0.15, 0.2) is 12.4 Å². The summed E-state index contributed by atoms with van der Waals surface area (Å²) in [6.45, 7) is 3.26. The van der Waals surface area contributed by atoms with Gasteiger partial charge in [0.25, 0.3) is 0 Å². The van der Waals surface area contributed by atoms with Gasteiger partial charge in [-0.25, -0.2) is 0 Å². The Kier molecular flexibility index (Phi) is 8.72. The van der Waals surface area contributed by atoms with Crippen LogP contribution in [-0.2, 0) is 13.6 Å². The molecule has 0 atom stereocenters. The monoisotopic (exact) mass is 168 g/mol. The molecule has 0 saturated carbocycles. The van der Waals surface area contributed by atoms with Gasteiger partial charge in [-0.05, 0) is 0 Å². The predicted octanol–water partition coefficient (Wildman–Crippen LogP) is 1.22. The van der Waals surface area contributed by atoms with Crippen molar-refractivity contribution >= 4 is 7.60 Å². The van der Waals surface area contributed by atoms with Crippen LogP contribution >= 0.6 is 7.60 Å². The van der Waals surface area contributed by atoms with Crippen LogP contribution in [0.3, 0.4) is 0 Å². The highest BCUT2D eigenvalue weighted by Crippen LogP contribution is 2.46. The zero-order valence-corrected chi connectivity index (χ0v) is 7.30. The number of rotatable bonds is 3. The maximum atomic E-state index is 10.8. The van der Waals surface area contributed by atoms with Crippen molar-refractivity contribution in [2.24, 2.45) is 0 Å². The fraction of sp³-hybridized carbons (Fsp3) is 0.600. The smallest absolute Gasteiger partial charge is 0.353 e. The maximum Gasteiger partial charge on any atom is 0.353 e. The molecule has 0 aromatic rings. The quantitative estimate of drug-likeness (QED) is 0.644. The van der Waals surface area contributed by atoms with Crippen LogP contribution in [0.4, 0.5) is 0 Å². The van der Waals surface area contributed by atoms with E-state index in [1.54, 1.807) is 0 Å². The molecule has 0 unspecified atom stereocenters. The standard InChI is InChI=1S/C4H9O3P.CH4O/c1-4-8(5,6-2)7-3;1-2/h4H,1H2,2-3H3;2H,1H3. The largest absolute Gasteiger partial charge is 0.400 e. The van der Waals surface area contributed by atoms with Crippen molar-refractivity contribution in [1.29, 1.82) is 0 Å². The van der Waals surface area contributed by atoms with Crippen LogP contribution in [0.1, 0.15) is 0 Å². The van der Waals surface area contributed by atoms with Crippen LogP contribution in [0.2, 0.25) is 0 Å². The second-order valence-electron chi connectivity index (χ2n) is 1.09. The molecule has 0 aliphatic heterocycles. The van der Waals surface area contributed by atoms with Gasteiger partial charge in [-0.3, -0.25) is 4.57 Å². The summed E-state index contributed by atoms with van der Waals surface area (Å²) >= 11 is 0. The van der Waals surface area contributed by atoms with E-state index in [-0.39, 0.29) is 0 Å². The predicted molar refractivity (Wildman–Crippen MR) is 40.0 cm³/mol. The number of aliphatic hydroxyl groups excluding tert-OH is 1. The zero-order valence-electron chi connectivity index (χ0n) is 6.40. The topological polar surface area (TPSA) is 55.8 Å². The highest BCUT2D eigenvalue weighted by Gasteiger charge is 2.12. The lowest BCUT2D eigenvalue weighted by Gasteiger charge is -2.05. The van der Waals surface area contributed by atoms with E-state index in [2.05, 4.69) is 15.6 Å². The molecule has 5 heteroatoms. The van der Waals surface area contributed by atoms with E-state index in [1.807, 2.05) is 0 Å². The van der Waals surface area contributed by atoms with E-state index in [0.29, 0.717) is 0 Å². The average molecular weight is 168 g/mol. The van der Waals surface area contributed by atoms with Crippen molar-refractivity contribution in [3.63, 3.8) is 0 Å². The van der Waals surface area contributed by atoms with Crippen molar-refractivity contribution in [2.45, 2.75) is 0 Å². The van der Waals surface area contributed by atoms with Gasteiger partial charge in [0, 0.05) is 27.1 Å². The summed E-state index contributed by atoms with van der Waals surface area (Å²) in [5.74, 6) is 1.16. The third-order valence-corrected chi connectivity index (χ3v) is 2.20. The third-order valence-electron chi connectivity index (χ3n) is 0.733. The molecular weight excluding hydrogens is 155 g/mol. The SMILES string of the molecule is C=CP(=O)(OC)OC.CO. The Morgan fingerprint density at radius 2 is 1.70 bits per heavy atom. The fourth-order valence-corrected chi connectivity index (χ4v) is 0.671. The van der Waals surface area contributed by atoms with Gasteiger partial charge in [-0.15, -0.1) is 0 Å². The molecule has 0 heterocycles. The lowest BCUT2D eigenvalue weighted by molar-refractivity contribution is 0.286. The molecule has 0 radical (unpaired) electrons. The highest BCUT2D eigenvalue weighted by atomic mass is 31.2. The molecule has 0 aromatic heterocycles. The number of hydrogen-bond acceptors (Lipinski definition) is 4. The van der Waals surface area contributed by atoms with Gasteiger partial charge in [0.1, 0.15) is 0 Å². The molecule has 0 saturated heterocycles. The van der Waals surface area contributed by atoms with E-state index < -0.39 is 7.60 Å². The highest BCUT2D eigenvalue weighted by molar-refractivity contribution is 7.57. The van der Waals surface area contributed by atoms with Crippen molar-refractivity contribution < 1.29 is 18.7 Å². The van der Waals surface area contributed by atoms with Crippen LogP contribution < -0.4 is 0 Å². The van der Waals surface area contributed by atoms with Gasteiger partial charge in [0.2, 0.25) is 0 Å². The first-order valence-corrected chi connectivity index (χ1v) is 4.09. The summed E-state index contributed by atoms with van der Waals surface area (Å²) in [5, 5.41) is 7.00. The van der Waals surface area contributed by atoms with Crippen LogP contribution in [0, 0.1) is 0 Å². The Morgan fingerprint density at radius 3 is 1.70 bits per heavy atom. The molecule has 0 bridgehead atoms. The van der Waals surface area contributed by atoms with Gasteiger partial charge in [-0.1, -0.05) is 6.58 Å². The number of hydrogen-bond donors (Lipinski definition) is 1. The molecule has 62 valence electrons. The molecule has 0 fully saturated rings. The first-order valence-electron chi connectivity index (χ1n) is 2.48. The number of aliphatic hydroxyl groups is 1. The van der Waals surface area contributed by atoms with E-state index in [4.69, 9.17) is 5.11 Å².